The number of rotatable bonds is 22. The topological polar surface area (TPSA) is 95.8 Å². The van der Waals surface area contributed by atoms with Gasteiger partial charge in [-0.25, -0.2) is 0 Å². The maximum Gasteiger partial charge on any atom is 0.352 e. The summed E-state index contributed by atoms with van der Waals surface area (Å²) in [5.41, 5.74) is 0. The average Bonchev–Trinajstić information content (AvgIpc) is 2.85. The lowest BCUT2D eigenvalue weighted by atomic mass is 10.2. The highest BCUT2D eigenvalue weighted by atomic mass is 32.1. The van der Waals surface area contributed by atoms with Crippen molar-refractivity contribution in [2.24, 2.45) is 17.8 Å². The summed E-state index contributed by atoms with van der Waals surface area (Å²) in [6.07, 6.45) is 1.67. The lowest BCUT2D eigenvalue weighted by Crippen LogP contribution is -2.44. The van der Waals surface area contributed by atoms with Crippen LogP contribution >= 0.6 is 24.8 Å². The predicted octanol–water partition coefficient (Wildman–Crippen LogP) is 4.14. The van der Waals surface area contributed by atoms with Gasteiger partial charge in [-0.3, -0.25) is 0 Å². The first-order valence-electron chi connectivity index (χ1n) is 12.7. The van der Waals surface area contributed by atoms with Gasteiger partial charge in [-0.05, 0) is 50.7 Å². The fourth-order valence-electron chi connectivity index (χ4n) is 2.91. The SMILES string of the molecule is CCOC(=S)OCCC[Si](C)(OCC(C)CO)OCC(C)CO[Si@@](C)(CCCS)OCC(C)CO. The molecule has 0 spiro atoms. The first kappa shape index (κ1) is 35.2. The van der Waals surface area contributed by atoms with Crippen LogP contribution in [0.1, 0.15) is 40.5 Å². The molecule has 8 nitrogen and oxygen atoms in total. The number of ether oxygens (including phenoxy) is 2. The van der Waals surface area contributed by atoms with Gasteiger partial charge >= 0.3 is 22.4 Å². The molecule has 0 heterocycles. The third kappa shape index (κ3) is 18.2. The van der Waals surface area contributed by atoms with Crippen LogP contribution in [0.3, 0.4) is 0 Å². The van der Waals surface area contributed by atoms with E-state index in [1.165, 1.54) is 0 Å². The number of aliphatic hydroxyl groups excluding tert-OH is 2. The van der Waals surface area contributed by atoms with Gasteiger partial charge in [0.25, 0.3) is 0 Å². The Kier molecular flexibility index (Phi) is 20.4. The second-order valence-electron chi connectivity index (χ2n) is 9.65. The van der Waals surface area contributed by atoms with Crippen molar-refractivity contribution in [2.45, 2.75) is 65.7 Å². The molecule has 0 radical (unpaired) electrons. The Morgan fingerprint density at radius 2 is 1.20 bits per heavy atom. The molecule has 210 valence electrons. The molecule has 0 saturated carbocycles. The molecule has 0 aliphatic rings. The summed E-state index contributed by atoms with van der Waals surface area (Å²) in [4.78, 5) is 0. The maximum atomic E-state index is 9.38. The zero-order chi connectivity index (χ0) is 26.7. The van der Waals surface area contributed by atoms with E-state index in [0.717, 1.165) is 30.7 Å². The van der Waals surface area contributed by atoms with Crippen LogP contribution in [0.25, 0.3) is 0 Å². The van der Waals surface area contributed by atoms with Crippen LogP contribution in [0.4, 0.5) is 0 Å². The molecule has 35 heavy (non-hydrogen) atoms. The van der Waals surface area contributed by atoms with E-state index in [2.05, 4.69) is 32.6 Å². The van der Waals surface area contributed by atoms with Gasteiger partial charge in [0, 0.05) is 69.6 Å². The van der Waals surface area contributed by atoms with Crippen LogP contribution in [0.2, 0.25) is 25.2 Å². The lowest BCUT2D eigenvalue weighted by Gasteiger charge is -2.32. The molecule has 0 bridgehead atoms. The normalized spacial score (nSPS) is 17.7. The van der Waals surface area contributed by atoms with E-state index >= 15 is 0 Å². The van der Waals surface area contributed by atoms with Gasteiger partial charge in [-0.15, -0.1) is 0 Å². The fourth-order valence-corrected chi connectivity index (χ4v) is 8.46. The Morgan fingerprint density at radius 1 is 0.771 bits per heavy atom. The highest BCUT2D eigenvalue weighted by Gasteiger charge is 2.34. The summed E-state index contributed by atoms with van der Waals surface area (Å²) in [5, 5.41) is 18.9. The van der Waals surface area contributed by atoms with Crippen LogP contribution in [-0.4, -0.2) is 91.2 Å². The highest BCUT2D eigenvalue weighted by molar-refractivity contribution is 7.80. The van der Waals surface area contributed by atoms with E-state index in [0.29, 0.717) is 39.6 Å². The molecule has 0 aliphatic carbocycles. The molecule has 4 unspecified atom stereocenters. The summed E-state index contributed by atoms with van der Waals surface area (Å²) in [5.74, 6) is 1.07. The van der Waals surface area contributed by atoms with Gasteiger partial charge in [0.2, 0.25) is 0 Å². The third-order valence-electron chi connectivity index (χ3n) is 5.36. The number of hydrogen-bond donors (Lipinski definition) is 3. The van der Waals surface area contributed by atoms with Crippen LogP contribution in [-0.2, 0) is 27.2 Å². The molecule has 0 aromatic carbocycles. The van der Waals surface area contributed by atoms with E-state index in [9.17, 15) is 10.2 Å². The summed E-state index contributed by atoms with van der Waals surface area (Å²) in [6, 6.07) is 1.60. The minimum atomic E-state index is -2.50. The second-order valence-corrected chi connectivity index (χ2v) is 17.1. The Labute approximate surface area is 226 Å². The molecule has 0 aliphatic heterocycles. The average molecular weight is 575 g/mol. The van der Waals surface area contributed by atoms with Crippen molar-refractivity contribution >= 4 is 47.2 Å². The highest BCUT2D eigenvalue weighted by Crippen LogP contribution is 2.22. The fraction of sp³-hybridized carbons (Fsp3) is 0.957. The smallest absolute Gasteiger partial charge is 0.352 e. The largest absolute Gasteiger partial charge is 0.457 e. The molecular weight excluding hydrogens is 525 g/mol. The number of thiol groups is 1. The Hall–Kier alpha value is 0.234. The molecular formula is C23H50O8S2Si2. The van der Waals surface area contributed by atoms with Crippen molar-refractivity contribution in [3.05, 3.63) is 0 Å². The van der Waals surface area contributed by atoms with Crippen molar-refractivity contribution in [1.82, 2.24) is 0 Å². The first-order chi connectivity index (χ1) is 16.5. The molecule has 0 aromatic rings. The molecule has 0 rings (SSSR count). The molecule has 0 aromatic heterocycles. The Bertz CT molecular complexity index is 552. The summed E-state index contributed by atoms with van der Waals surface area (Å²) in [7, 11) is -4.87. The van der Waals surface area contributed by atoms with Crippen LogP contribution in [0.15, 0.2) is 0 Å². The van der Waals surface area contributed by atoms with Crippen molar-refractivity contribution in [3.63, 3.8) is 0 Å². The van der Waals surface area contributed by atoms with Gasteiger partial charge in [0.15, 0.2) is 0 Å². The van der Waals surface area contributed by atoms with Gasteiger partial charge in [-0.1, -0.05) is 20.8 Å². The minimum Gasteiger partial charge on any atom is -0.457 e. The first-order valence-corrected chi connectivity index (χ1v) is 18.8. The molecule has 0 amide bonds. The maximum absolute atomic E-state index is 9.38. The van der Waals surface area contributed by atoms with Gasteiger partial charge in [-0.2, -0.15) is 12.6 Å². The van der Waals surface area contributed by atoms with E-state index in [1.54, 1.807) is 0 Å². The Morgan fingerprint density at radius 3 is 1.60 bits per heavy atom. The molecule has 5 atom stereocenters. The quantitative estimate of drug-likeness (QED) is 0.0763. The van der Waals surface area contributed by atoms with E-state index in [4.69, 9.17) is 39.4 Å². The molecule has 12 heteroatoms. The predicted molar refractivity (Wildman–Crippen MR) is 152 cm³/mol. The van der Waals surface area contributed by atoms with Crippen molar-refractivity contribution in [1.29, 1.82) is 0 Å². The van der Waals surface area contributed by atoms with Crippen molar-refractivity contribution in [2.75, 3.05) is 58.6 Å². The van der Waals surface area contributed by atoms with Crippen LogP contribution < -0.4 is 0 Å². The van der Waals surface area contributed by atoms with Crippen LogP contribution in [0, 0.1) is 17.8 Å². The van der Waals surface area contributed by atoms with Crippen molar-refractivity contribution in [3.8, 4) is 0 Å². The lowest BCUT2D eigenvalue weighted by molar-refractivity contribution is 0.0862. The summed E-state index contributed by atoms with van der Waals surface area (Å²) >= 11 is 9.35. The summed E-state index contributed by atoms with van der Waals surface area (Å²) in [6.45, 7) is 15.1. The summed E-state index contributed by atoms with van der Waals surface area (Å²) < 4.78 is 35.7. The monoisotopic (exact) mass is 574 g/mol. The second kappa shape index (κ2) is 20.2. The van der Waals surface area contributed by atoms with Gasteiger partial charge < -0.3 is 37.4 Å². The van der Waals surface area contributed by atoms with Crippen molar-refractivity contribution < 1.29 is 37.4 Å². The van der Waals surface area contributed by atoms with Crippen LogP contribution in [0.5, 0.6) is 0 Å². The van der Waals surface area contributed by atoms with E-state index in [1.807, 2.05) is 20.8 Å². The minimum absolute atomic E-state index is 0.0463. The zero-order valence-electron chi connectivity index (χ0n) is 22.6. The molecule has 0 saturated heterocycles. The standard InChI is InChI=1S/C23H50O8S2Si2/c1-7-26-23(33)27-10-8-12-34(5,28-16-20(2)14-24)30-18-22(4)19-31-35(6,13-9-11-32)29-17-21(3)15-25/h20-22,24-25,32H,7-19H2,1-6H3/t20?,21?,22?,34?,35-/m0/s1. The zero-order valence-corrected chi connectivity index (χ0v) is 26.3. The number of aliphatic hydroxyl groups is 2. The number of hydrogen-bond acceptors (Lipinski definition) is 10. The molecule has 2 N–H and O–H groups in total. The van der Waals surface area contributed by atoms with Gasteiger partial charge in [0.1, 0.15) is 0 Å². The number of thiocarbonyl (C=S) groups is 1. The Balaban J connectivity index is 4.82. The van der Waals surface area contributed by atoms with E-state index in [-0.39, 0.29) is 36.2 Å². The molecule has 0 fully saturated rings. The van der Waals surface area contributed by atoms with Gasteiger partial charge in [0.05, 0.1) is 13.2 Å². The third-order valence-corrected chi connectivity index (χ3v) is 11.5. The van der Waals surface area contributed by atoms with E-state index < -0.39 is 17.1 Å².